The minimum absolute atomic E-state index is 0.259. The van der Waals surface area contributed by atoms with E-state index < -0.39 is 28.5 Å². The maximum atomic E-state index is 13.6. The van der Waals surface area contributed by atoms with Crippen molar-refractivity contribution in [1.29, 1.82) is 0 Å². The Hall–Kier alpha value is -3.07. The Labute approximate surface area is 202 Å². The number of benzene rings is 2. The van der Waals surface area contributed by atoms with Crippen LogP contribution in [0.5, 0.6) is 5.75 Å². The second kappa shape index (κ2) is 12.4. The van der Waals surface area contributed by atoms with E-state index >= 15 is 0 Å². The molecule has 0 aliphatic rings. The van der Waals surface area contributed by atoms with E-state index in [1.807, 2.05) is 51.1 Å². The molecule has 2 rings (SSSR count). The summed E-state index contributed by atoms with van der Waals surface area (Å²) in [6, 6.07) is 14.1. The summed E-state index contributed by atoms with van der Waals surface area (Å²) in [6.45, 7) is 5.76. The Morgan fingerprint density at radius 1 is 1.09 bits per heavy atom. The smallest absolute Gasteiger partial charge is 0.244 e. The number of amides is 2. The molecule has 0 unspecified atom stereocenters. The summed E-state index contributed by atoms with van der Waals surface area (Å²) < 4.78 is 31.9. The van der Waals surface area contributed by atoms with Gasteiger partial charge in [-0.1, -0.05) is 43.3 Å². The van der Waals surface area contributed by atoms with Gasteiger partial charge < -0.3 is 15.0 Å². The number of hydrogen-bond acceptors (Lipinski definition) is 5. The molecule has 2 aromatic carbocycles. The van der Waals surface area contributed by atoms with Crippen LogP contribution in [0.1, 0.15) is 31.4 Å². The Morgan fingerprint density at radius 2 is 1.76 bits per heavy atom. The van der Waals surface area contributed by atoms with Crippen molar-refractivity contribution >= 4 is 27.5 Å². The van der Waals surface area contributed by atoms with Gasteiger partial charge in [0, 0.05) is 13.1 Å². The zero-order valence-electron chi connectivity index (χ0n) is 20.6. The van der Waals surface area contributed by atoms with Crippen molar-refractivity contribution in [3.63, 3.8) is 0 Å². The predicted octanol–water partition coefficient (Wildman–Crippen LogP) is 2.76. The van der Waals surface area contributed by atoms with E-state index in [4.69, 9.17) is 4.74 Å². The highest BCUT2D eigenvalue weighted by molar-refractivity contribution is 7.92. The fraction of sp³-hybridized carbons (Fsp3) is 0.440. The standard InChI is InChI=1S/C25H35N3O5S/c1-6-21(25(30)26-7-2)27(16-15-20-11-9-8-10-12-20)24(29)18-28(34(5,31)32)22-17-19(3)13-14-23(22)33-4/h8-14,17,21H,6-7,15-16,18H2,1-5H3,(H,26,30)/t21-/m0/s1. The van der Waals surface area contributed by atoms with Crippen LogP contribution in [0.25, 0.3) is 0 Å². The van der Waals surface area contributed by atoms with Crippen LogP contribution in [0.2, 0.25) is 0 Å². The van der Waals surface area contributed by atoms with Crippen molar-refractivity contribution in [3.8, 4) is 5.75 Å². The van der Waals surface area contributed by atoms with Crippen LogP contribution >= 0.6 is 0 Å². The molecular formula is C25H35N3O5S. The number of carbonyl (C=O) groups excluding carboxylic acids is 2. The molecule has 0 heterocycles. The molecule has 186 valence electrons. The number of aryl methyl sites for hydroxylation is 1. The number of nitrogens with one attached hydrogen (secondary N) is 1. The summed E-state index contributed by atoms with van der Waals surface area (Å²) in [5.74, 6) is -0.371. The first-order valence-electron chi connectivity index (χ1n) is 11.4. The van der Waals surface area contributed by atoms with Crippen LogP contribution in [-0.4, -0.2) is 64.2 Å². The van der Waals surface area contributed by atoms with Gasteiger partial charge in [0.25, 0.3) is 0 Å². The number of rotatable bonds is 12. The van der Waals surface area contributed by atoms with E-state index in [9.17, 15) is 18.0 Å². The van der Waals surface area contributed by atoms with Gasteiger partial charge in [0.1, 0.15) is 18.3 Å². The first-order valence-corrected chi connectivity index (χ1v) is 13.2. The van der Waals surface area contributed by atoms with Gasteiger partial charge >= 0.3 is 0 Å². The highest BCUT2D eigenvalue weighted by Crippen LogP contribution is 2.31. The second-order valence-corrected chi connectivity index (χ2v) is 9.99. The van der Waals surface area contributed by atoms with E-state index in [1.54, 1.807) is 18.2 Å². The molecule has 0 aliphatic carbocycles. The highest BCUT2D eigenvalue weighted by Gasteiger charge is 2.32. The predicted molar refractivity (Wildman–Crippen MR) is 135 cm³/mol. The van der Waals surface area contributed by atoms with Crippen molar-refractivity contribution < 1.29 is 22.7 Å². The molecule has 0 fully saturated rings. The Morgan fingerprint density at radius 3 is 2.32 bits per heavy atom. The zero-order chi connectivity index (χ0) is 25.3. The number of hydrogen-bond donors (Lipinski definition) is 1. The number of anilines is 1. The topological polar surface area (TPSA) is 96.0 Å². The van der Waals surface area contributed by atoms with Gasteiger partial charge in [0.15, 0.2) is 0 Å². The quantitative estimate of drug-likeness (QED) is 0.495. The van der Waals surface area contributed by atoms with E-state index in [1.165, 1.54) is 12.0 Å². The maximum absolute atomic E-state index is 13.6. The second-order valence-electron chi connectivity index (χ2n) is 8.09. The molecule has 0 saturated carbocycles. The molecule has 0 aromatic heterocycles. The molecule has 0 saturated heterocycles. The van der Waals surface area contributed by atoms with Crippen LogP contribution in [0.15, 0.2) is 48.5 Å². The van der Waals surface area contributed by atoms with Crippen molar-refractivity contribution in [3.05, 3.63) is 59.7 Å². The van der Waals surface area contributed by atoms with Crippen molar-refractivity contribution in [2.24, 2.45) is 0 Å². The molecule has 8 nitrogen and oxygen atoms in total. The van der Waals surface area contributed by atoms with Gasteiger partial charge in [0.2, 0.25) is 21.8 Å². The van der Waals surface area contributed by atoms with Crippen LogP contribution in [0.3, 0.4) is 0 Å². The maximum Gasteiger partial charge on any atom is 0.244 e. The summed E-state index contributed by atoms with van der Waals surface area (Å²) in [5.41, 5.74) is 2.13. The minimum atomic E-state index is -3.82. The lowest BCUT2D eigenvalue weighted by Gasteiger charge is -2.33. The molecule has 0 radical (unpaired) electrons. The number of carbonyl (C=O) groups is 2. The molecule has 2 aromatic rings. The van der Waals surface area contributed by atoms with E-state index in [0.717, 1.165) is 21.7 Å². The zero-order valence-corrected chi connectivity index (χ0v) is 21.4. The summed E-state index contributed by atoms with van der Waals surface area (Å²) in [7, 11) is -2.37. The number of ether oxygens (including phenoxy) is 1. The number of methoxy groups -OCH3 is 1. The Balaban J connectivity index is 2.42. The largest absolute Gasteiger partial charge is 0.495 e. The fourth-order valence-electron chi connectivity index (χ4n) is 3.78. The molecule has 2 amide bonds. The lowest BCUT2D eigenvalue weighted by molar-refractivity contribution is -0.139. The summed E-state index contributed by atoms with van der Waals surface area (Å²) >= 11 is 0. The van der Waals surface area contributed by atoms with Gasteiger partial charge in [-0.25, -0.2) is 8.42 Å². The number of likely N-dealkylation sites (N-methyl/N-ethyl adjacent to an activating group) is 1. The minimum Gasteiger partial charge on any atom is -0.495 e. The SMILES string of the molecule is CCNC(=O)[C@H](CC)N(CCc1ccccc1)C(=O)CN(c1cc(C)ccc1OC)S(C)(=O)=O. The third kappa shape index (κ3) is 7.21. The Kier molecular flexibility index (Phi) is 9.92. The molecule has 9 heteroatoms. The summed E-state index contributed by atoms with van der Waals surface area (Å²) in [4.78, 5) is 27.8. The van der Waals surface area contributed by atoms with Crippen LogP contribution in [0, 0.1) is 6.92 Å². The monoisotopic (exact) mass is 489 g/mol. The average Bonchev–Trinajstić information content (AvgIpc) is 2.80. The number of nitrogens with zero attached hydrogens (tertiary/aromatic N) is 2. The van der Waals surface area contributed by atoms with Crippen LogP contribution in [-0.2, 0) is 26.0 Å². The van der Waals surface area contributed by atoms with Crippen molar-refractivity contribution in [1.82, 2.24) is 10.2 Å². The third-order valence-electron chi connectivity index (χ3n) is 5.50. The molecule has 1 N–H and O–H groups in total. The Bertz CT molecular complexity index is 1070. The molecular weight excluding hydrogens is 454 g/mol. The lowest BCUT2D eigenvalue weighted by atomic mass is 10.1. The summed E-state index contributed by atoms with van der Waals surface area (Å²) in [5, 5.41) is 2.79. The highest BCUT2D eigenvalue weighted by atomic mass is 32.2. The van der Waals surface area contributed by atoms with Gasteiger partial charge in [0.05, 0.1) is 19.1 Å². The normalized spacial score (nSPS) is 12.0. The first kappa shape index (κ1) is 27.2. The van der Waals surface area contributed by atoms with Crippen LogP contribution < -0.4 is 14.4 Å². The molecule has 0 spiro atoms. The number of sulfonamides is 1. The first-order chi connectivity index (χ1) is 16.1. The third-order valence-corrected chi connectivity index (χ3v) is 6.63. The van der Waals surface area contributed by atoms with Gasteiger partial charge in [-0.3, -0.25) is 13.9 Å². The van der Waals surface area contributed by atoms with E-state index in [0.29, 0.717) is 25.1 Å². The van der Waals surface area contributed by atoms with Crippen LogP contribution in [0.4, 0.5) is 5.69 Å². The molecule has 1 atom stereocenters. The van der Waals surface area contributed by atoms with Crippen molar-refractivity contribution in [2.75, 3.05) is 37.3 Å². The van der Waals surface area contributed by atoms with Gasteiger partial charge in [-0.05, 0) is 49.9 Å². The van der Waals surface area contributed by atoms with E-state index in [-0.39, 0.29) is 18.1 Å². The van der Waals surface area contributed by atoms with E-state index in [2.05, 4.69) is 5.32 Å². The molecule has 34 heavy (non-hydrogen) atoms. The van der Waals surface area contributed by atoms with Crippen molar-refractivity contribution in [2.45, 2.75) is 39.7 Å². The fourth-order valence-corrected chi connectivity index (χ4v) is 4.62. The summed E-state index contributed by atoms with van der Waals surface area (Å²) in [6.07, 6.45) is 1.99. The lowest BCUT2D eigenvalue weighted by Crippen LogP contribution is -2.53. The van der Waals surface area contributed by atoms with Gasteiger partial charge in [-0.15, -0.1) is 0 Å². The van der Waals surface area contributed by atoms with Gasteiger partial charge in [-0.2, -0.15) is 0 Å². The average molecular weight is 490 g/mol. The molecule has 0 bridgehead atoms. The molecule has 0 aliphatic heterocycles.